The van der Waals surface area contributed by atoms with Crippen LogP contribution in [0.4, 0.5) is 0 Å². The van der Waals surface area contributed by atoms with Gasteiger partial charge in [-0.25, -0.2) is 0 Å². The van der Waals surface area contributed by atoms with Crippen LogP contribution in [0, 0.1) is 23.7 Å². The van der Waals surface area contributed by atoms with Crippen molar-refractivity contribution in [1.29, 1.82) is 0 Å². The highest BCUT2D eigenvalue weighted by Gasteiger charge is 2.51. The van der Waals surface area contributed by atoms with Crippen LogP contribution in [0.25, 0.3) is 0 Å². The molecule has 0 radical (unpaired) electrons. The molecule has 2 rings (SSSR count). The molecule has 1 saturated heterocycles. The minimum absolute atomic E-state index is 0.165. The van der Waals surface area contributed by atoms with Crippen LogP contribution in [0.2, 0.25) is 0 Å². The summed E-state index contributed by atoms with van der Waals surface area (Å²) in [5.74, 6) is -0.245. The van der Waals surface area contributed by atoms with Crippen LogP contribution < -0.4 is 5.32 Å². The lowest BCUT2D eigenvalue weighted by atomic mass is 9.85. The summed E-state index contributed by atoms with van der Waals surface area (Å²) in [4.78, 5) is 39.6. The SMILES string of the molecule is CC(C)CCCNC(=O)C(CC(C)C)N1C(=O)C2CC=CCC2C1=O. The number of nitrogens with one attached hydrogen (secondary N) is 1. The summed E-state index contributed by atoms with van der Waals surface area (Å²) in [6.07, 6.45) is 7.63. The van der Waals surface area contributed by atoms with Crippen LogP contribution in [0.1, 0.15) is 59.8 Å². The molecule has 0 saturated carbocycles. The predicted octanol–water partition coefficient (Wildman–Crippen LogP) is 2.90. The number of carbonyl (C=O) groups is 3. The van der Waals surface area contributed by atoms with Crippen LogP contribution in [-0.2, 0) is 14.4 Å². The molecule has 3 atom stereocenters. The third-order valence-corrected chi connectivity index (χ3v) is 5.11. The van der Waals surface area contributed by atoms with Gasteiger partial charge in [0.2, 0.25) is 17.7 Å². The number of allylic oxidation sites excluding steroid dienone is 2. The first kappa shape index (κ1) is 19.7. The van der Waals surface area contributed by atoms with Gasteiger partial charge in [0.1, 0.15) is 6.04 Å². The summed E-state index contributed by atoms with van der Waals surface area (Å²) in [5.41, 5.74) is 0. The Balaban J connectivity index is 2.07. The number of fused-ring (bicyclic) bond motifs is 1. The van der Waals surface area contributed by atoms with Crippen LogP contribution in [0.3, 0.4) is 0 Å². The van der Waals surface area contributed by atoms with Crippen molar-refractivity contribution in [2.75, 3.05) is 6.54 Å². The van der Waals surface area contributed by atoms with Crippen molar-refractivity contribution >= 4 is 17.7 Å². The first-order valence-electron chi connectivity index (χ1n) is 9.62. The van der Waals surface area contributed by atoms with Crippen molar-refractivity contribution in [1.82, 2.24) is 10.2 Å². The molecule has 2 aliphatic rings. The molecule has 1 heterocycles. The van der Waals surface area contributed by atoms with Gasteiger partial charge < -0.3 is 5.32 Å². The molecule has 1 aliphatic heterocycles. The van der Waals surface area contributed by atoms with E-state index >= 15 is 0 Å². The zero-order valence-electron chi connectivity index (χ0n) is 16.0. The minimum atomic E-state index is -0.676. The van der Waals surface area contributed by atoms with E-state index < -0.39 is 6.04 Å². The van der Waals surface area contributed by atoms with Gasteiger partial charge in [0.05, 0.1) is 11.8 Å². The van der Waals surface area contributed by atoms with E-state index in [0.29, 0.717) is 31.7 Å². The number of imide groups is 1. The molecule has 140 valence electrons. The van der Waals surface area contributed by atoms with E-state index in [1.54, 1.807) is 0 Å². The van der Waals surface area contributed by atoms with Crippen molar-refractivity contribution in [2.24, 2.45) is 23.7 Å². The van der Waals surface area contributed by atoms with Gasteiger partial charge in [-0.1, -0.05) is 39.8 Å². The van der Waals surface area contributed by atoms with Gasteiger partial charge in [0, 0.05) is 6.54 Å². The third kappa shape index (κ3) is 4.71. The second-order valence-electron chi connectivity index (χ2n) is 8.17. The van der Waals surface area contributed by atoms with E-state index in [-0.39, 0.29) is 35.5 Å². The van der Waals surface area contributed by atoms with E-state index in [9.17, 15) is 14.4 Å². The van der Waals surface area contributed by atoms with Crippen molar-refractivity contribution in [3.63, 3.8) is 0 Å². The summed E-state index contributed by atoms with van der Waals surface area (Å²) in [7, 11) is 0. The molecule has 5 heteroatoms. The molecular formula is C20H32N2O3. The zero-order chi connectivity index (χ0) is 18.6. The molecule has 1 N–H and O–H groups in total. The second kappa shape index (κ2) is 8.63. The quantitative estimate of drug-likeness (QED) is 0.417. The Hall–Kier alpha value is -1.65. The number of likely N-dealkylation sites (tertiary alicyclic amines) is 1. The lowest BCUT2D eigenvalue weighted by Crippen LogP contribution is -2.50. The first-order chi connectivity index (χ1) is 11.8. The molecule has 0 spiro atoms. The number of rotatable bonds is 8. The van der Waals surface area contributed by atoms with Crippen molar-refractivity contribution < 1.29 is 14.4 Å². The minimum Gasteiger partial charge on any atom is -0.354 e. The van der Waals surface area contributed by atoms with Gasteiger partial charge in [-0.3, -0.25) is 19.3 Å². The van der Waals surface area contributed by atoms with Crippen LogP contribution in [-0.4, -0.2) is 35.2 Å². The summed E-state index contributed by atoms with van der Waals surface area (Å²) < 4.78 is 0. The normalized spacial score (nSPS) is 24.2. The van der Waals surface area contributed by atoms with Gasteiger partial charge in [-0.15, -0.1) is 0 Å². The van der Waals surface area contributed by atoms with Crippen LogP contribution in [0.5, 0.6) is 0 Å². The highest BCUT2D eigenvalue weighted by atomic mass is 16.2. The fraction of sp³-hybridized carbons (Fsp3) is 0.750. The predicted molar refractivity (Wildman–Crippen MR) is 97.5 cm³/mol. The lowest BCUT2D eigenvalue weighted by Gasteiger charge is -2.27. The van der Waals surface area contributed by atoms with Gasteiger partial charge >= 0.3 is 0 Å². The number of nitrogens with zero attached hydrogens (tertiary/aromatic N) is 1. The number of amides is 3. The molecule has 0 aromatic carbocycles. The molecule has 0 aromatic heterocycles. The topological polar surface area (TPSA) is 66.5 Å². The molecule has 1 aliphatic carbocycles. The molecule has 0 aromatic rings. The standard InChI is InChI=1S/C20H32N2O3/c1-13(2)8-7-11-21-18(23)17(12-14(3)4)22-19(24)15-9-5-6-10-16(15)20(22)25/h5-6,13-17H,7-12H2,1-4H3,(H,21,23). The van der Waals surface area contributed by atoms with Gasteiger partial charge in [0.15, 0.2) is 0 Å². The fourth-order valence-electron chi connectivity index (χ4n) is 3.75. The molecule has 0 bridgehead atoms. The molecule has 25 heavy (non-hydrogen) atoms. The monoisotopic (exact) mass is 348 g/mol. The van der Waals surface area contributed by atoms with Crippen molar-refractivity contribution in [3.05, 3.63) is 12.2 Å². The summed E-state index contributed by atoms with van der Waals surface area (Å²) in [5, 5.41) is 2.94. The zero-order valence-corrected chi connectivity index (χ0v) is 16.0. The maximum atomic E-state index is 12.8. The van der Waals surface area contributed by atoms with E-state index in [1.165, 1.54) is 4.90 Å². The molecule has 5 nitrogen and oxygen atoms in total. The van der Waals surface area contributed by atoms with E-state index in [4.69, 9.17) is 0 Å². The van der Waals surface area contributed by atoms with Crippen molar-refractivity contribution in [2.45, 2.75) is 65.8 Å². The first-order valence-corrected chi connectivity index (χ1v) is 9.62. The van der Waals surface area contributed by atoms with Crippen molar-refractivity contribution in [3.8, 4) is 0 Å². The lowest BCUT2D eigenvalue weighted by molar-refractivity contribution is -0.148. The second-order valence-corrected chi connectivity index (χ2v) is 8.17. The summed E-state index contributed by atoms with van der Waals surface area (Å²) in [6.45, 7) is 8.93. The highest BCUT2D eigenvalue weighted by molar-refractivity contribution is 6.08. The Morgan fingerprint density at radius 3 is 2.12 bits per heavy atom. The van der Waals surface area contributed by atoms with E-state index in [2.05, 4.69) is 19.2 Å². The van der Waals surface area contributed by atoms with E-state index in [1.807, 2.05) is 26.0 Å². The fourth-order valence-corrected chi connectivity index (χ4v) is 3.75. The maximum absolute atomic E-state index is 12.8. The molecule has 1 fully saturated rings. The Kier molecular flexibility index (Phi) is 6.79. The number of hydrogen-bond acceptors (Lipinski definition) is 3. The molecular weight excluding hydrogens is 316 g/mol. The largest absolute Gasteiger partial charge is 0.354 e. The molecule has 3 amide bonds. The summed E-state index contributed by atoms with van der Waals surface area (Å²) >= 11 is 0. The summed E-state index contributed by atoms with van der Waals surface area (Å²) in [6, 6.07) is -0.676. The van der Waals surface area contributed by atoms with Gasteiger partial charge in [-0.05, 0) is 43.9 Å². The Bertz CT molecular complexity index is 513. The van der Waals surface area contributed by atoms with Crippen LogP contribution in [0.15, 0.2) is 12.2 Å². The highest BCUT2D eigenvalue weighted by Crippen LogP contribution is 2.37. The maximum Gasteiger partial charge on any atom is 0.243 e. The van der Waals surface area contributed by atoms with E-state index in [0.717, 1.165) is 12.8 Å². The molecule has 3 unspecified atom stereocenters. The van der Waals surface area contributed by atoms with Gasteiger partial charge in [0.25, 0.3) is 0 Å². The average molecular weight is 348 g/mol. The average Bonchev–Trinajstić information content (AvgIpc) is 2.81. The Morgan fingerprint density at radius 2 is 1.64 bits per heavy atom. The Labute approximate surface area is 151 Å². The van der Waals surface area contributed by atoms with Crippen LogP contribution >= 0.6 is 0 Å². The smallest absolute Gasteiger partial charge is 0.243 e. The Morgan fingerprint density at radius 1 is 1.08 bits per heavy atom. The third-order valence-electron chi connectivity index (χ3n) is 5.11. The number of carbonyl (C=O) groups excluding carboxylic acids is 3. The van der Waals surface area contributed by atoms with Gasteiger partial charge in [-0.2, -0.15) is 0 Å². The number of hydrogen-bond donors (Lipinski definition) is 1.